The fraction of sp³-hybridized carbons (Fsp3) is 0.400. The molecule has 0 amide bonds. The number of carbonyl (C=O) groups is 1. The summed E-state index contributed by atoms with van der Waals surface area (Å²) in [6.45, 7) is 8.05. The standard InChI is InChI=1S/C20H24N4O2/c1-5-7-8-15-9-10-17-16(12-15)18(11-13(3)21-17)24-14(4)19(22-23-24)20(25)26-6-2/h9-12H,5-8H2,1-4H3. The minimum absolute atomic E-state index is 0.247. The highest BCUT2D eigenvalue weighted by Crippen LogP contribution is 2.25. The number of pyridine rings is 1. The van der Waals surface area contributed by atoms with Crippen LogP contribution in [0.2, 0.25) is 0 Å². The van der Waals surface area contributed by atoms with Crippen LogP contribution >= 0.6 is 0 Å². The molecule has 0 saturated carbocycles. The van der Waals surface area contributed by atoms with Gasteiger partial charge in [0, 0.05) is 11.1 Å². The molecule has 2 heterocycles. The van der Waals surface area contributed by atoms with Crippen LogP contribution < -0.4 is 0 Å². The van der Waals surface area contributed by atoms with E-state index < -0.39 is 5.97 Å². The van der Waals surface area contributed by atoms with E-state index in [9.17, 15) is 4.79 Å². The van der Waals surface area contributed by atoms with Crippen LogP contribution in [0, 0.1) is 13.8 Å². The Bertz CT molecular complexity index is 946. The van der Waals surface area contributed by atoms with Crippen molar-refractivity contribution >= 4 is 16.9 Å². The van der Waals surface area contributed by atoms with E-state index in [0.29, 0.717) is 12.3 Å². The molecule has 0 fully saturated rings. The number of nitrogens with zero attached hydrogens (tertiary/aromatic N) is 4. The predicted octanol–water partition coefficient (Wildman–Crippen LogP) is 3.95. The third kappa shape index (κ3) is 3.45. The molecule has 2 aromatic heterocycles. The first-order chi connectivity index (χ1) is 12.5. The van der Waals surface area contributed by atoms with Gasteiger partial charge in [-0.1, -0.05) is 24.6 Å². The van der Waals surface area contributed by atoms with Crippen LogP contribution in [0.25, 0.3) is 16.6 Å². The minimum Gasteiger partial charge on any atom is -0.461 e. The average Bonchev–Trinajstić information content (AvgIpc) is 3.01. The zero-order valence-electron chi connectivity index (χ0n) is 15.7. The van der Waals surface area contributed by atoms with E-state index in [4.69, 9.17) is 4.74 Å². The Hall–Kier alpha value is -2.76. The molecule has 0 atom stereocenters. The van der Waals surface area contributed by atoms with Crippen LogP contribution in [0.3, 0.4) is 0 Å². The monoisotopic (exact) mass is 352 g/mol. The summed E-state index contributed by atoms with van der Waals surface area (Å²) >= 11 is 0. The SMILES string of the molecule is CCCCc1ccc2nc(C)cc(-n3nnc(C(=O)OCC)c3C)c2c1. The van der Waals surface area contributed by atoms with Crippen LogP contribution in [-0.4, -0.2) is 32.6 Å². The third-order valence-electron chi connectivity index (χ3n) is 4.39. The first-order valence-electron chi connectivity index (χ1n) is 9.05. The highest BCUT2D eigenvalue weighted by Gasteiger charge is 2.20. The summed E-state index contributed by atoms with van der Waals surface area (Å²) in [5.41, 5.74) is 4.86. The highest BCUT2D eigenvalue weighted by atomic mass is 16.5. The van der Waals surface area contributed by atoms with Gasteiger partial charge in [-0.25, -0.2) is 9.48 Å². The summed E-state index contributed by atoms with van der Waals surface area (Å²) in [6.07, 6.45) is 3.34. The van der Waals surface area contributed by atoms with Gasteiger partial charge in [-0.2, -0.15) is 0 Å². The molecule has 0 unspecified atom stereocenters. The maximum absolute atomic E-state index is 12.1. The molecule has 0 spiro atoms. The van der Waals surface area contributed by atoms with E-state index in [2.05, 4.69) is 40.4 Å². The molecule has 0 N–H and O–H groups in total. The number of ether oxygens (including phenoxy) is 1. The van der Waals surface area contributed by atoms with E-state index in [1.54, 1.807) is 11.6 Å². The lowest BCUT2D eigenvalue weighted by molar-refractivity contribution is 0.0518. The minimum atomic E-state index is -0.449. The van der Waals surface area contributed by atoms with E-state index in [0.717, 1.165) is 41.5 Å². The summed E-state index contributed by atoms with van der Waals surface area (Å²) in [5.74, 6) is -0.449. The Morgan fingerprint density at radius 1 is 1.19 bits per heavy atom. The van der Waals surface area contributed by atoms with Gasteiger partial charge in [-0.15, -0.1) is 5.10 Å². The summed E-state index contributed by atoms with van der Waals surface area (Å²) < 4.78 is 6.77. The smallest absolute Gasteiger partial charge is 0.360 e. The van der Waals surface area contributed by atoms with Gasteiger partial charge in [0.15, 0.2) is 5.69 Å². The number of fused-ring (bicyclic) bond motifs is 1. The molecule has 0 aliphatic heterocycles. The molecule has 1 aromatic carbocycles. The first kappa shape index (κ1) is 18.0. The number of aromatic nitrogens is 4. The van der Waals surface area contributed by atoms with Crippen LogP contribution in [0.5, 0.6) is 0 Å². The Morgan fingerprint density at radius 3 is 2.73 bits per heavy atom. The molecule has 136 valence electrons. The number of benzene rings is 1. The Labute approximate surface area is 153 Å². The molecule has 0 radical (unpaired) electrons. The van der Waals surface area contributed by atoms with Gasteiger partial charge in [-0.05, 0) is 57.4 Å². The average molecular weight is 352 g/mol. The van der Waals surface area contributed by atoms with Gasteiger partial charge >= 0.3 is 5.97 Å². The van der Waals surface area contributed by atoms with E-state index in [1.165, 1.54) is 5.56 Å². The second-order valence-electron chi connectivity index (χ2n) is 6.39. The first-order valence-corrected chi connectivity index (χ1v) is 9.05. The number of hydrogen-bond acceptors (Lipinski definition) is 5. The molecular weight excluding hydrogens is 328 g/mol. The summed E-state index contributed by atoms with van der Waals surface area (Å²) in [6, 6.07) is 8.32. The molecule has 0 aliphatic rings. The van der Waals surface area contributed by atoms with Crippen molar-refractivity contribution in [2.75, 3.05) is 6.61 Å². The third-order valence-corrected chi connectivity index (χ3v) is 4.39. The van der Waals surface area contributed by atoms with Crippen LogP contribution in [0.1, 0.15) is 54.1 Å². The lowest BCUT2D eigenvalue weighted by atomic mass is 10.0. The van der Waals surface area contributed by atoms with Crippen molar-refractivity contribution in [2.45, 2.75) is 47.0 Å². The van der Waals surface area contributed by atoms with Crippen molar-refractivity contribution in [2.24, 2.45) is 0 Å². The maximum Gasteiger partial charge on any atom is 0.360 e. The highest BCUT2D eigenvalue weighted by molar-refractivity contribution is 5.90. The lowest BCUT2D eigenvalue weighted by Crippen LogP contribution is -2.08. The Balaban J connectivity index is 2.13. The summed E-state index contributed by atoms with van der Waals surface area (Å²) in [7, 11) is 0. The molecule has 6 nitrogen and oxygen atoms in total. The second-order valence-corrected chi connectivity index (χ2v) is 6.39. The molecular formula is C20H24N4O2. The van der Waals surface area contributed by atoms with Crippen molar-refractivity contribution in [1.82, 2.24) is 20.0 Å². The summed E-state index contributed by atoms with van der Waals surface area (Å²) in [5, 5.41) is 9.25. The molecule has 0 saturated heterocycles. The van der Waals surface area contributed by atoms with Crippen molar-refractivity contribution < 1.29 is 9.53 Å². The Kier molecular flexibility index (Phi) is 5.30. The van der Waals surface area contributed by atoms with Crippen LogP contribution in [0.15, 0.2) is 24.3 Å². The number of aryl methyl sites for hydroxylation is 2. The number of esters is 1. The van der Waals surface area contributed by atoms with Gasteiger partial charge in [-0.3, -0.25) is 4.98 Å². The molecule has 3 aromatic rings. The maximum atomic E-state index is 12.1. The normalized spacial score (nSPS) is 11.1. The van der Waals surface area contributed by atoms with E-state index >= 15 is 0 Å². The number of unbranched alkanes of at least 4 members (excludes halogenated alkanes) is 1. The zero-order valence-corrected chi connectivity index (χ0v) is 15.7. The van der Waals surface area contributed by atoms with Crippen molar-refractivity contribution in [3.63, 3.8) is 0 Å². The predicted molar refractivity (Wildman–Crippen MR) is 101 cm³/mol. The number of hydrogen-bond donors (Lipinski definition) is 0. The summed E-state index contributed by atoms with van der Waals surface area (Å²) in [4.78, 5) is 16.7. The Morgan fingerprint density at radius 2 is 2.00 bits per heavy atom. The van der Waals surface area contributed by atoms with Gasteiger partial charge in [0.1, 0.15) is 0 Å². The zero-order chi connectivity index (χ0) is 18.7. The fourth-order valence-corrected chi connectivity index (χ4v) is 3.04. The molecule has 3 rings (SSSR count). The quantitative estimate of drug-likeness (QED) is 0.628. The van der Waals surface area contributed by atoms with Crippen LogP contribution in [-0.2, 0) is 11.2 Å². The molecule has 0 aliphatic carbocycles. The van der Waals surface area contributed by atoms with Crippen LogP contribution in [0.4, 0.5) is 0 Å². The number of carbonyl (C=O) groups excluding carboxylic acids is 1. The van der Waals surface area contributed by atoms with E-state index in [1.807, 2.05) is 19.9 Å². The molecule has 6 heteroatoms. The largest absolute Gasteiger partial charge is 0.461 e. The van der Waals surface area contributed by atoms with E-state index in [-0.39, 0.29) is 5.69 Å². The van der Waals surface area contributed by atoms with Crippen molar-refractivity contribution in [1.29, 1.82) is 0 Å². The lowest BCUT2D eigenvalue weighted by Gasteiger charge is -2.11. The van der Waals surface area contributed by atoms with Crippen molar-refractivity contribution in [3.8, 4) is 5.69 Å². The van der Waals surface area contributed by atoms with Gasteiger partial charge in [0.05, 0.1) is 23.5 Å². The molecule has 0 bridgehead atoms. The van der Waals surface area contributed by atoms with Crippen molar-refractivity contribution in [3.05, 3.63) is 46.9 Å². The number of rotatable bonds is 6. The molecule has 26 heavy (non-hydrogen) atoms. The fourth-order valence-electron chi connectivity index (χ4n) is 3.04. The van der Waals surface area contributed by atoms with Gasteiger partial charge in [0.25, 0.3) is 0 Å². The second kappa shape index (κ2) is 7.64. The van der Waals surface area contributed by atoms with Gasteiger partial charge in [0.2, 0.25) is 0 Å². The topological polar surface area (TPSA) is 69.9 Å². The van der Waals surface area contributed by atoms with Gasteiger partial charge < -0.3 is 4.74 Å².